The summed E-state index contributed by atoms with van der Waals surface area (Å²) in [6.45, 7) is 9.46. The number of nitrogens with one attached hydrogen (secondary N) is 5. The summed E-state index contributed by atoms with van der Waals surface area (Å²) in [5.41, 5.74) is 2.99. The van der Waals surface area contributed by atoms with E-state index in [4.69, 9.17) is 21.1 Å². The Balaban J connectivity index is 0.741. The van der Waals surface area contributed by atoms with Gasteiger partial charge < -0.3 is 35.6 Å². The Morgan fingerprint density at radius 1 is 0.877 bits per heavy atom. The van der Waals surface area contributed by atoms with Crippen LogP contribution >= 0.6 is 11.6 Å². The number of carbonyl (C=O) groups excluding carboxylic acids is 5. The first-order valence-electron chi connectivity index (χ1n) is 21.3. The first-order chi connectivity index (χ1) is 31.3. The minimum Gasteiger partial charge on any atom is -0.378 e. The van der Waals surface area contributed by atoms with E-state index in [1.807, 2.05) is 24.3 Å². The fraction of sp³-hybridized carbons (Fsp3) is 0.386. The van der Waals surface area contributed by atoms with E-state index in [9.17, 15) is 32.4 Å². The quantitative estimate of drug-likeness (QED) is 0.0630. The number of fused-ring (bicyclic) bond motifs is 1. The van der Waals surface area contributed by atoms with Gasteiger partial charge in [0.25, 0.3) is 11.8 Å². The molecule has 19 nitrogen and oxygen atoms in total. The average molecular weight is 931 g/mol. The van der Waals surface area contributed by atoms with E-state index in [1.54, 1.807) is 44.2 Å². The molecule has 5 amide bonds. The summed E-state index contributed by atoms with van der Waals surface area (Å²) in [6, 6.07) is 18.1. The number of hydrogen-bond acceptors (Lipinski definition) is 16. The highest BCUT2D eigenvalue weighted by Crippen LogP contribution is 2.32. The van der Waals surface area contributed by atoms with Gasteiger partial charge in [0, 0.05) is 62.8 Å². The molecule has 4 aromatic rings. The smallest absolute Gasteiger partial charge is 0.262 e. The summed E-state index contributed by atoms with van der Waals surface area (Å²) in [5, 5.41) is 13.8. The van der Waals surface area contributed by atoms with Gasteiger partial charge in [-0.25, -0.2) is 13.4 Å². The molecule has 0 aliphatic carbocycles. The van der Waals surface area contributed by atoms with E-state index >= 15 is 0 Å². The van der Waals surface area contributed by atoms with Crippen LogP contribution in [0.5, 0.6) is 0 Å². The number of nitrogens with zero attached hydrogens (tertiary/aromatic N) is 5. The van der Waals surface area contributed by atoms with Gasteiger partial charge in [0.05, 0.1) is 66.1 Å². The van der Waals surface area contributed by atoms with Crippen LogP contribution in [0.15, 0.2) is 77.8 Å². The number of halogens is 1. The summed E-state index contributed by atoms with van der Waals surface area (Å²) in [4.78, 5) is 76.7. The van der Waals surface area contributed by atoms with Crippen molar-refractivity contribution in [2.75, 3.05) is 93.1 Å². The average Bonchev–Trinajstić information content (AvgIpc) is 3.54. The number of benzene rings is 3. The van der Waals surface area contributed by atoms with Crippen LogP contribution < -0.4 is 31.5 Å². The van der Waals surface area contributed by atoms with Crippen molar-refractivity contribution in [2.45, 2.75) is 42.9 Å². The molecule has 0 bridgehead atoms. The maximum Gasteiger partial charge on any atom is 0.262 e. The second-order valence-corrected chi connectivity index (χ2v) is 18.6. The van der Waals surface area contributed by atoms with E-state index in [1.165, 1.54) is 18.3 Å². The molecule has 3 aromatic carbocycles. The lowest BCUT2D eigenvalue weighted by Gasteiger charge is -2.36. The fourth-order valence-electron chi connectivity index (χ4n) is 7.43. The molecule has 1 unspecified atom stereocenters. The highest BCUT2D eigenvalue weighted by molar-refractivity contribution is 7.92. The second-order valence-electron chi connectivity index (χ2n) is 15.7. The van der Waals surface area contributed by atoms with Gasteiger partial charge in [0.1, 0.15) is 11.1 Å². The maximum atomic E-state index is 13.0. The zero-order chi connectivity index (χ0) is 46.1. The van der Waals surface area contributed by atoms with Crippen molar-refractivity contribution in [3.05, 3.63) is 89.1 Å². The molecule has 2 saturated heterocycles. The lowest BCUT2D eigenvalue weighted by atomic mass is 10.0. The van der Waals surface area contributed by atoms with Crippen molar-refractivity contribution < 1.29 is 41.9 Å². The first kappa shape index (κ1) is 46.8. The minimum absolute atomic E-state index is 0.0363. The standard InChI is InChI=1S/C44H51ClN10O9S/c1-28(2)65(61,62)37-6-4-3-5-35(37)50-40-34(45)26-48-44(52-40)49-29-7-10-31(11-8-29)54-18-16-53(17-19-54)20-22-64-24-23-63-21-15-46-39(57)27-47-30-9-12-32-33(25-30)43(60)55(42(32)59)36-13-14-38(56)51-41(36)58/h3-12,25-26,28,36,47H,13-24,27H2,1-2H3,(H,46,57)(H,51,56,58)(H2,48,49,50,52). The van der Waals surface area contributed by atoms with Gasteiger partial charge in [0.2, 0.25) is 23.7 Å². The highest BCUT2D eigenvalue weighted by Gasteiger charge is 2.44. The van der Waals surface area contributed by atoms with Gasteiger partial charge in [-0.05, 0) is 74.9 Å². The van der Waals surface area contributed by atoms with E-state index in [0.717, 1.165) is 49.0 Å². The molecule has 0 spiro atoms. The molecule has 5 N–H and O–H groups in total. The molecule has 344 valence electrons. The number of para-hydroxylation sites is 1. The Hall–Kier alpha value is -6.19. The first-order valence-corrected chi connectivity index (χ1v) is 23.2. The van der Waals surface area contributed by atoms with Crippen molar-refractivity contribution in [2.24, 2.45) is 0 Å². The van der Waals surface area contributed by atoms with Crippen molar-refractivity contribution >= 4 is 85.5 Å². The molecule has 7 rings (SSSR count). The molecule has 65 heavy (non-hydrogen) atoms. The molecule has 2 fully saturated rings. The Morgan fingerprint density at radius 2 is 1.58 bits per heavy atom. The third-order valence-electron chi connectivity index (χ3n) is 11.1. The number of aromatic nitrogens is 2. The van der Waals surface area contributed by atoms with Crippen LogP contribution in [0.2, 0.25) is 5.02 Å². The van der Waals surface area contributed by atoms with Gasteiger partial charge in [-0.15, -0.1) is 0 Å². The summed E-state index contributed by atoms with van der Waals surface area (Å²) < 4.78 is 37.3. The molecule has 1 atom stereocenters. The summed E-state index contributed by atoms with van der Waals surface area (Å²) in [6.07, 6.45) is 1.56. The van der Waals surface area contributed by atoms with Gasteiger partial charge in [-0.1, -0.05) is 23.7 Å². The van der Waals surface area contributed by atoms with Crippen LogP contribution in [-0.2, 0) is 33.7 Å². The Bertz CT molecular complexity index is 2520. The predicted octanol–water partition coefficient (Wildman–Crippen LogP) is 3.58. The molecular formula is C44H51ClN10O9S. The summed E-state index contributed by atoms with van der Waals surface area (Å²) >= 11 is 6.40. The van der Waals surface area contributed by atoms with Gasteiger partial charge >= 0.3 is 0 Å². The number of piperidine rings is 1. The van der Waals surface area contributed by atoms with Gasteiger partial charge in [-0.3, -0.25) is 39.1 Å². The number of imide groups is 2. The zero-order valence-electron chi connectivity index (χ0n) is 36.0. The largest absolute Gasteiger partial charge is 0.378 e. The third kappa shape index (κ3) is 11.6. The molecule has 21 heteroatoms. The normalized spacial score (nSPS) is 16.7. The van der Waals surface area contributed by atoms with Crippen molar-refractivity contribution in [1.82, 2.24) is 30.4 Å². The maximum absolute atomic E-state index is 13.0. The van der Waals surface area contributed by atoms with E-state index < -0.39 is 44.8 Å². The van der Waals surface area contributed by atoms with Crippen molar-refractivity contribution in [1.29, 1.82) is 0 Å². The topological polar surface area (TPSA) is 234 Å². The number of hydrogen-bond donors (Lipinski definition) is 5. The Labute approximate surface area is 381 Å². The SMILES string of the molecule is CC(C)S(=O)(=O)c1ccccc1Nc1nc(Nc2ccc(N3CCN(CCOCCOCCNC(=O)CNc4ccc5c(c4)C(=O)N(C4CCC(=O)NC4=O)C5=O)CC3)cc2)ncc1Cl. The fourth-order valence-corrected chi connectivity index (χ4v) is 8.77. The molecule has 3 aliphatic heterocycles. The van der Waals surface area contributed by atoms with Crippen LogP contribution in [0, 0.1) is 0 Å². The Kier molecular flexibility index (Phi) is 15.3. The molecule has 4 heterocycles. The lowest BCUT2D eigenvalue weighted by Crippen LogP contribution is -2.54. The van der Waals surface area contributed by atoms with E-state index in [-0.39, 0.29) is 52.2 Å². The lowest BCUT2D eigenvalue weighted by molar-refractivity contribution is -0.136. The molecule has 3 aliphatic rings. The predicted molar refractivity (Wildman–Crippen MR) is 244 cm³/mol. The van der Waals surface area contributed by atoms with Gasteiger partial charge in [-0.2, -0.15) is 4.98 Å². The Morgan fingerprint density at radius 3 is 2.32 bits per heavy atom. The van der Waals surface area contributed by atoms with Crippen LogP contribution in [0.3, 0.4) is 0 Å². The van der Waals surface area contributed by atoms with Crippen LogP contribution in [0.25, 0.3) is 0 Å². The van der Waals surface area contributed by atoms with Crippen LogP contribution in [0.4, 0.5) is 34.5 Å². The molecule has 0 saturated carbocycles. The van der Waals surface area contributed by atoms with Gasteiger partial charge in [0.15, 0.2) is 15.7 Å². The number of piperazine rings is 1. The van der Waals surface area contributed by atoms with E-state index in [2.05, 4.69) is 46.4 Å². The minimum atomic E-state index is -3.55. The van der Waals surface area contributed by atoms with Crippen LogP contribution in [-0.4, -0.2) is 141 Å². The molecule has 1 aromatic heterocycles. The molecular weight excluding hydrogens is 880 g/mol. The number of ether oxygens (including phenoxy) is 2. The number of rotatable bonds is 20. The monoisotopic (exact) mass is 930 g/mol. The van der Waals surface area contributed by atoms with Crippen molar-refractivity contribution in [3.63, 3.8) is 0 Å². The molecule has 0 radical (unpaired) electrons. The van der Waals surface area contributed by atoms with Crippen LogP contribution in [0.1, 0.15) is 47.4 Å². The number of carbonyl (C=O) groups is 5. The zero-order valence-corrected chi connectivity index (χ0v) is 37.5. The summed E-state index contributed by atoms with van der Waals surface area (Å²) in [5.74, 6) is -2.05. The highest BCUT2D eigenvalue weighted by atomic mass is 35.5. The van der Waals surface area contributed by atoms with E-state index in [0.29, 0.717) is 50.3 Å². The summed E-state index contributed by atoms with van der Waals surface area (Å²) in [7, 11) is -3.55. The number of sulfone groups is 1. The number of amides is 5. The second kappa shape index (κ2) is 21.2. The number of anilines is 6. The van der Waals surface area contributed by atoms with Crippen molar-refractivity contribution in [3.8, 4) is 0 Å². The third-order valence-corrected chi connectivity index (χ3v) is 13.5.